The number of halogens is 1. The average Bonchev–Trinajstić information content (AvgIpc) is 2.87. The second-order valence-electron chi connectivity index (χ2n) is 4.81. The molecule has 0 atom stereocenters. The van der Waals surface area contributed by atoms with E-state index in [9.17, 15) is 5.11 Å². The number of para-hydroxylation sites is 1. The lowest BCUT2D eigenvalue weighted by molar-refractivity contribution is 0.372. The van der Waals surface area contributed by atoms with Crippen molar-refractivity contribution in [2.75, 3.05) is 7.11 Å². The van der Waals surface area contributed by atoms with Crippen molar-refractivity contribution in [1.82, 2.24) is 4.57 Å². The van der Waals surface area contributed by atoms with Gasteiger partial charge in [0, 0.05) is 7.05 Å². The Bertz CT molecular complexity index is 960. The largest absolute Gasteiger partial charge is 0.503 e. The van der Waals surface area contributed by atoms with Crippen molar-refractivity contribution >= 4 is 43.7 Å². The summed E-state index contributed by atoms with van der Waals surface area (Å²) in [6.45, 7) is 0. The first-order valence-corrected chi connectivity index (χ1v) is 8.39. The van der Waals surface area contributed by atoms with Gasteiger partial charge in [-0.1, -0.05) is 23.5 Å². The lowest BCUT2D eigenvalue weighted by Crippen LogP contribution is -2.08. The summed E-state index contributed by atoms with van der Waals surface area (Å²) in [7, 11) is 3.47. The maximum absolute atomic E-state index is 9.80. The summed E-state index contributed by atoms with van der Waals surface area (Å²) in [6.07, 6.45) is 1.62. The highest BCUT2D eigenvalue weighted by molar-refractivity contribution is 9.10. The molecule has 2 aromatic carbocycles. The zero-order valence-electron chi connectivity index (χ0n) is 12.5. The van der Waals surface area contributed by atoms with Crippen LogP contribution in [0.25, 0.3) is 10.2 Å². The van der Waals surface area contributed by atoms with Crippen molar-refractivity contribution < 1.29 is 9.84 Å². The molecule has 3 aromatic rings. The molecule has 7 heteroatoms. The molecule has 0 aliphatic heterocycles. The predicted octanol–water partition coefficient (Wildman–Crippen LogP) is 3.65. The minimum absolute atomic E-state index is 0.0671. The number of fused-ring (bicyclic) bond motifs is 1. The minimum Gasteiger partial charge on any atom is -0.503 e. The van der Waals surface area contributed by atoms with Crippen LogP contribution in [0, 0.1) is 0 Å². The predicted molar refractivity (Wildman–Crippen MR) is 96.3 cm³/mol. The van der Waals surface area contributed by atoms with Gasteiger partial charge >= 0.3 is 0 Å². The van der Waals surface area contributed by atoms with E-state index in [4.69, 9.17) is 4.74 Å². The van der Waals surface area contributed by atoms with Crippen LogP contribution in [0.4, 0.5) is 0 Å². The molecule has 0 bridgehead atoms. The van der Waals surface area contributed by atoms with Crippen molar-refractivity contribution in [3.8, 4) is 11.5 Å². The fourth-order valence-electron chi connectivity index (χ4n) is 2.15. The quantitative estimate of drug-likeness (QED) is 0.547. The van der Waals surface area contributed by atoms with Crippen molar-refractivity contribution in [3.63, 3.8) is 0 Å². The van der Waals surface area contributed by atoms with E-state index in [1.807, 2.05) is 23.7 Å². The molecule has 0 fully saturated rings. The minimum atomic E-state index is 0.0671. The number of phenols is 1. The van der Waals surface area contributed by atoms with E-state index in [1.165, 1.54) is 7.11 Å². The normalized spacial score (nSPS) is 12.4. The van der Waals surface area contributed by atoms with Crippen LogP contribution in [-0.4, -0.2) is 23.0 Å². The Labute approximate surface area is 145 Å². The summed E-state index contributed by atoms with van der Waals surface area (Å²) < 4.78 is 8.83. The van der Waals surface area contributed by atoms with Crippen LogP contribution in [0.15, 0.2) is 51.1 Å². The SMILES string of the molecule is COc1cc(/C=N/N=c2sc3ccccc3n2C)cc(Br)c1O. The number of methoxy groups -OCH3 is 1. The van der Waals surface area contributed by atoms with Crippen molar-refractivity contribution in [1.29, 1.82) is 0 Å². The third kappa shape index (κ3) is 3.16. The maximum Gasteiger partial charge on any atom is 0.211 e. The maximum atomic E-state index is 9.80. The Balaban J connectivity index is 1.96. The van der Waals surface area contributed by atoms with E-state index in [0.29, 0.717) is 10.2 Å². The zero-order valence-corrected chi connectivity index (χ0v) is 14.9. The van der Waals surface area contributed by atoms with Gasteiger partial charge in [0.05, 0.1) is 28.0 Å². The third-order valence-corrected chi connectivity index (χ3v) is 5.04. The summed E-state index contributed by atoms with van der Waals surface area (Å²) in [5, 5.41) is 18.2. The van der Waals surface area contributed by atoms with Crippen molar-refractivity contribution in [3.05, 3.63) is 51.2 Å². The molecule has 0 saturated carbocycles. The van der Waals surface area contributed by atoms with Crippen LogP contribution in [0.5, 0.6) is 11.5 Å². The number of nitrogens with zero attached hydrogens (tertiary/aromatic N) is 3. The second-order valence-corrected chi connectivity index (χ2v) is 6.67. The van der Waals surface area contributed by atoms with Crippen LogP contribution in [0.3, 0.4) is 0 Å². The molecular formula is C16H14BrN3O2S. The summed E-state index contributed by atoms with van der Waals surface area (Å²) >= 11 is 4.87. The highest BCUT2D eigenvalue weighted by atomic mass is 79.9. The number of benzene rings is 2. The van der Waals surface area contributed by atoms with E-state index in [0.717, 1.165) is 20.6 Å². The van der Waals surface area contributed by atoms with Crippen molar-refractivity contribution in [2.24, 2.45) is 17.3 Å². The third-order valence-electron chi connectivity index (χ3n) is 3.34. The lowest BCUT2D eigenvalue weighted by atomic mass is 10.2. The Hall–Kier alpha value is -2.12. The molecule has 118 valence electrons. The van der Waals surface area contributed by atoms with E-state index in [2.05, 4.69) is 38.3 Å². The zero-order chi connectivity index (χ0) is 16.4. The first-order valence-electron chi connectivity index (χ1n) is 6.78. The van der Waals surface area contributed by atoms with Crippen molar-refractivity contribution in [2.45, 2.75) is 0 Å². The number of hydrogen-bond donors (Lipinski definition) is 1. The standard InChI is InChI=1S/C16H14BrN3O2S/c1-20-12-5-3-4-6-14(12)23-16(20)19-18-9-10-7-11(17)15(21)13(8-10)22-2/h3-9,21H,1-2H3/b18-9+,19-16?. The van der Waals surface area contributed by atoms with Gasteiger partial charge in [-0.05, 0) is 45.8 Å². The number of aryl methyl sites for hydroxylation is 1. The number of rotatable bonds is 3. The highest BCUT2D eigenvalue weighted by Gasteiger charge is 2.07. The van der Waals surface area contributed by atoms with Gasteiger partial charge in [0.25, 0.3) is 0 Å². The molecule has 0 saturated heterocycles. The number of hydrogen-bond acceptors (Lipinski definition) is 5. The molecule has 0 unspecified atom stereocenters. The van der Waals surface area contributed by atoms with Crippen LogP contribution in [0.1, 0.15) is 5.56 Å². The Morgan fingerprint density at radius 3 is 2.83 bits per heavy atom. The molecule has 1 heterocycles. The molecule has 0 aliphatic carbocycles. The number of thiazole rings is 1. The van der Waals surface area contributed by atoms with E-state index < -0.39 is 0 Å². The van der Waals surface area contributed by atoms with Gasteiger partial charge < -0.3 is 14.4 Å². The van der Waals surface area contributed by atoms with Gasteiger partial charge in [-0.25, -0.2) is 0 Å². The number of ether oxygens (including phenoxy) is 1. The topological polar surface area (TPSA) is 59.1 Å². The fraction of sp³-hybridized carbons (Fsp3) is 0.125. The summed E-state index contributed by atoms with van der Waals surface area (Å²) in [5.41, 5.74) is 1.90. The smallest absolute Gasteiger partial charge is 0.211 e. The van der Waals surface area contributed by atoms with Crippen LogP contribution < -0.4 is 9.54 Å². The molecule has 0 spiro atoms. The first-order chi connectivity index (χ1) is 11.1. The summed E-state index contributed by atoms with van der Waals surface area (Å²) in [5.74, 6) is 0.450. The summed E-state index contributed by atoms with van der Waals surface area (Å²) in [6, 6.07) is 11.6. The molecule has 1 aromatic heterocycles. The summed E-state index contributed by atoms with van der Waals surface area (Å²) in [4.78, 5) is 0.812. The van der Waals surface area contributed by atoms with Crippen LogP contribution in [-0.2, 0) is 7.05 Å². The first kappa shape index (κ1) is 15.8. The van der Waals surface area contributed by atoms with Gasteiger partial charge in [-0.3, -0.25) is 0 Å². The molecule has 23 heavy (non-hydrogen) atoms. The molecule has 0 amide bonds. The number of aromatic nitrogens is 1. The van der Waals surface area contributed by atoms with Crippen LogP contribution in [0.2, 0.25) is 0 Å². The highest BCUT2D eigenvalue weighted by Crippen LogP contribution is 2.34. The van der Waals surface area contributed by atoms with Gasteiger partial charge in [0.15, 0.2) is 11.5 Å². The molecule has 1 N–H and O–H groups in total. The molecular weight excluding hydrogens is 378 g/mol. The van der Waals surface area contributed by atoms with Gasteiger partial charge in [0.2, 0.25) is 4.80 Å². The Morgan fingerprint density at radius 1 is 1.30 bits per heavy atom. The van der Waals surface area contributed by atoms with E-state index >= 15 is 0 Å². The van der Waals surface area contributed by atoms with Gasteiger partial charge in [-0.15, -0.1) is 5.10 Å². The van der Waals surface area contributed by atoms with Gasteiger partial charge in [-0.2, -0.15) is 5.10 Å². The lowest BCUT2D eigenvalue weighted by Gasteiger charge is -2.05. The van der Waals surface area contributed by atoms with Crippen LogP contribution >= 0.6 is 27.3 Å². The molecule has 3 rings (SSSR count). The number of aromatic hydroxyl groups is 1. The fourth-order valence-corrected chi connectivity index (χ4v) is 3.58. The molecule has 0 aliphatic rings. The molecule has 0 radical (unpaired) electrons. The second kappa shape index (κ2) is 6.55. The number of phenolic OH excluding ortho intramolecular Hbond substituents is 1. The van der Waals surface area contributed by atoms with E-state index in [-0.39, 0.29) is 5.75 Å². The van der Waals surface area contributed by atoms with Gasteiger partial charge in [0.1, 0.15) is 0 Å². The molecule has 5 nitrogen and oxygen atoms in total. The Morgan fingerprint density at radius 2 is 2.09 bits per heavy atom. The monoisotopic (exact) mass is 391 g/mol. The average molecular weight is 392 g/mol. The Kier molecular flexibility index (Phi) is 4.49. The van der Waals surface area contributed by atoms with E-state index in [1.54, 1.807) is 29.7 Å².